The van der Waals surface area contributed by atoms with Crippen molar-refractivity contribution in [3.63, 3.8) is 0 Å². The lowest BCUT2D eigenvalue weighted by atomic mass is 9.96. The Morgan fingerprint density at radius 2 is 2.05 bits per heavy atom. The molecule has 0 atom stereocenters. The number of carbonyl (C=O) groups excluding carboxylic acids is 1. The molecule has 110 valence electrons. The molecule has 2 N–H and O–H groups in total. The molecule has 1 aromatic rings. The molecular weight excluding hydrogens is 258 g/mol. The molecule has 6 heteroatoms. The average Bonchev–Trinajstić information content (AvgIpc) is 2.34. The zero-order valence-electron chi connectivity index (χ0n) is 12.3. The van der Waals surface area contributed by atoms with Crippen LogP contribution in [0.25, 0.3) is 0 Å². The van der Waals surface area contributed by atoms with E-state index in [-0.39, 0.29) is 23.6 Å². The van der Waals surface area contributed by atoms with Gasteiger partial charge in [0.1, 0.15) is 0 Å². The van der Waals surface area contributed by atoms with Crippen LogP contribution in [0.3, 0.4) is 0 Å². The van der Waals surface area contributed by atoms with Gasteiger partial charge in [-0.1, -0.05) is 20.8 Å². The fraction of sp³-hybridized carbons (Fsp3) is 0.500. The van der Waals surface area contributed by atoms with Gasteiger partial charge in [-0.3, -0.25) is 4.98 Å². The van der Waals surface area contributed by atoms with Crippen LogP contribution in [0.5, 0.6) is 0 Å². The van der Waals surface area contributed by atoms with E-state index in [1.54, 1.807) is 11.9 Å². The molecule has 0 radical (unpaired) electrons. The van der Waals surface area contributed by atoms with Gasteiger partial charge in [0, 0.05) is 19.8 Å². The molecule has 6 nitrogen and oxygen atoms in total. The standard InChI is InChI=1S/C14H21N3O3/c1-14(2,3)9-17(4)13(20)16-8-11-7-10(12(18)19)5-6-15-11/h5-7H,8-9H2,1-4H3,(H,16,20)(H,18,19). The van der Waals surface area contributed by atoms with Gasteiger partial charge in [-0.15, -0.1) is 0 Å². The SMILES string of the molecule is CN(CC(C)(C)C)C(=O)NCc1cc(C(=O)O)ccn1. The predicted octanol–water partition coefficient (Wildman–Crippen LogP) is 1.97. The first-order valence-electron chi connectivity index (χ1n) is 6.36. The van der Waals surface area contributed by atoms with E-state index in [2.05, 4.69) is 31.1 Å². The first kappa shape index (κ1) is 15.9. The van der Waals surface area contributed by atoms with Crippen molar-refractivity contribution in [2.45, 2.75) is 27.3 Å². The fourth-order valence-corrected chi connectivity index (χ4v) is 1.79. The fourth-order valence-electron chi connectivity index (χ4n) is 1.79. The van der Waals surface area contributed by atoms with Gasteiger partial charge in [-0.05, 0) is 17.5 Å². The molecule has 0 bridgehead atoms. The van der Waals surface area contributed by atoms with E-state index in [1.807, 2.05) is 0 Å². The number of pyridine rings is 1. The van der Waals surface area contributed by atoms with Crippen molar-refractivity contribution in [2.75, 3.05) is 13.6 Å². The van der Waals surface area contributed by atoms with Gasteiger partial charge in [0.25, 0.3) is 0 Å². The Labute approximate surface area is 118 Å². The van der Waals surface area contributed by atoms with Gasteiger partial charge >= 0.3 is 12.0 Å². The predicted molar refractivity (Wildman–Crippen MR) is 75.5 cm³/mol. The Bertz CT molecular complexity index is 495. The highest BCUT2D eigenvalue weighted by Crippen LogP contribution is 2.14. The summed E-state index contributed by atoms with van der Waals surface area (Å²) in [5, 5.41) is 11.6. The zero-order valence-corrected chi connectivity index (χ0v) is 12.3. The lowest BCUT2D eigenvalue weighted by Gasteiger charge is -2.26. The van der Waals surface area contributed by atoms with Crippen LogP contribution in [0.4, 0.5) is 4.79 Å². The smallest absolute Gasteiger partial charge is 0.335 e. The van der Waals surface area contributed by atoms with Crippen LogP contribution < -0.4 is 5.32 Å². The average molecular weight is 279 g/mol. The van der Waals surface area contributed by atoms with Crippen LogP contribution in [-0.4, -0.2) is 40.6 Å². The number of carboxylic acid groups (broad SMARTS) is 1. The molecule has 0 saturated carbocycles. The molecule has 0 aliphatic rings. The second-order valence-electron chi connectivity index (χ2n) is 5.92. The number of amides is 2. The van der Waals surface area contributed by atoms with E-state index in [0.29, 0.717) is 12.2 Å². The summed E-state index contributed by atoms with van der Waals surface area (Å²) in [6.45, 7) is 6.98. The molecule has 2 amide bonds. The monoisotopic (exact) mass is 279 g/mol. The van der Waals surface area contributed by atoms with Crippen LogP contribution in [0.1, 0.15) is 36.8 Å². The van der Waals surface area contributed by atoms with Crippen LogP contribution in [0.2, 0.25) is 0 Å². The number of aromatic nitrogens is 1. The molecule has 0 saturated heterocycles. The highest BCUT2D eigenvalue weighted by Gasteiger charge is 2.17. The Morgan fingerprint density at radius 3 is 2.60 bits per heavy atom. The van der Waals surface area contributed by atoms with Crippen LogP contribution in [0.15, 0.2) is 18.3 Å². The van der Waals surface area contributed by atoms with Crippen molar-refractivity contribution in [3.8, 4) is 0 Å². The van der Waals surface area contributed by atoms with E-state index < -0.39 is 5.97 Å². The van der Waals surface area contributed by atoms with E-state index in [4.69, 9.17) is 5.11 Å². The summed E-state index contributed by atoms with van der Waals surface area (Å²) in [5.74, 6) is -1.01. The Balaban J connectivity index is 2.57. The summed E-state index contributed by atoms with van der Waals surface area (Å²) >= 11 is 0. The molecular formula is C14H21N3O3. The van der Waals surface area contributed by atoms with Crippen LogP contribution in [0, 0.1) is 5.41 Å². The zero-order chi connectivity index (χ0) is 15.3. The van der Waals surface area contributed by atoms with E-state index in [1.165, 1.54) is 18.3 Å². The first-order chi connectivity index (χ1) is 9.19. The third-order valence-electron chi connectivity index (χ3n) is 2.54. The molecule has 0 aliphatic heterocycles. The maximum Gasteiger partial charge on any atom is 0.335 e. The lowest BCUT2D eigenvalue weighted by Crippen LogP contribution is -2.41. The minimum atomic E-state index is -1.01. The lowest BCUT2D eigenvalue weighted by molar-refractivity contribution is 0.0696. The van der Waals surface area contributed by atoms with E-state index in [0.717, 1.165) is 0 Å². The normalized spacial score (nSPS) is 11.0. The van der Waals surface area contributed by atoms with Gasteiger partial charge in [0.15, 0.2) is 0 Å². The maximum absolute atomic E-state index is 11.9. The quantitative estimate of drug-likeness (QED) is 0.882. The van der Waals surface area contributed by atoms with Crippen molar-refractivity contribution in [3.05, 3.63) is 29.6 Å². The third-order valence-corrected chi connectivity index (χ3v) is 2.54. The maximum atomic E-state index is 11.9. The van der Waals surface area contributed by atoms with Crippen molar-refractivity contribution < 1.29 is 14.7 Å². The largest absolute Gasteiger partial charge is 0.478 e. The number of rotatable bonds is 4. The number of aromatic carboxylic acids is 1. The van der Waals surface area contributed by atoms with Crippen molar-refractivity contribution >= 4 is 12.0 Å². The first-order valence-corrected chi connectivity index (χ1v) is 6.36. The van der Waals surface area contributed by atoms with Gasteiger partial charge in [0.2, 0.25) is 0 Å². The Hall–Kier alpha value is -2.11. The van der Waals surface area contributed by atoms with Crippen LogP contribution >= 0.6 is 0 Å². The highest BCUT2D eigenvalue weighted by molar-refractivity contribution is 5.87. The minimum absolute atomic E-state index is 0.0214. The van der Waals surface area contributed by atoms with E-state index in [9.17, 15) is 9.59 Å². The molecule has 0 aromatic carbocycles. The number of nitrogens with one attached hydrogen (secondary N) is 1. The minimum Gasteiger partial charge on any atom is -0.478 e. The second kappa shape index (κ2) is 6.36. The van der Waals surface area contributed by atoms with Gasteiger partial charge < -0.3 is 15.3 Å². The van der Waals surface area contributed by atoms with E-state index >= 15 is 0 Å². The number of carbonyl (C=O) groups is 2. The molecule has 0 unspecified atom stereocenters. The number of hydrogen-bond acceptors (Lipinski definition) is 3. The molecule has 1 aromatic heterocycles. The summed E-state index contributed by atoms with van der Waals surface area (Å²) in [6, 6.07) is 2.66. The van der Waals surface area contributed by atoms with Crippen molar-refractivity contribution in [1.82, 2.24) is 15.2 Å². The number of urea groups is 1. The number of nitrogens with zero attached hydrogens (tertiary/aromatic N) is 2. The molecule has 0 fully saturated rings. The highest BCUT2D eigenvalue weighted by atomic mass is 16.4. The van der Waals surface area contributed by atoms with Gasteiger partial charge in [-0.2, -0.15) is 0 Å². The molecule has 0 spiro atoms. The second-order valence-corrected chi connectivity index (χ2v) is 5.92. The third kappa shape index (κ3) is 5.26. The summed E-state index contributed by atoms with van der Waals surface area (Å²) in [4.78, 5) is 28.3. The molecule has 1 heterocycles. The van der Waals surface area contributed by atoms with Gasteiger partial charge in [-0.25, -0.2) is 9.59 Å². The summed E-state index contributed by atoms with van der Waals surface area (Å²) in [5.41, 5.74) is 0.697. The summed E-state index contributed by atoms with van der Waals surface area (Å²) < 4.78 is 0. The summed E-state index contributed by atoms with van der Waals surface area (Å²) in [6.07, 6.45) is 1.42. The Kier molecular flexibility index (Phi) is 5.07. The Morgan fingerprint density at radius 1 is 1.40 bits per heavy atom. The van der Waals surface area contributed by atoms with Crippen molar-refractivity contribution in [1.29, 1.82) is 0 Å². The molecule has 20 heavy (non-hydrogen) atoms. The van der Waals surface area contributed by atoms with Crippen LogP contribution in [-0.2, 0) is 6.54 Å². The van der Waals surface area contributed by atoms with Gasteiger partial charge in [0.05, 0.1) is 17.8 Å². The van der Waals surface area contributed by atoms with Crippen molar-refractivity contribution in [2.24, 2.45) is 5.41 Å². The molecule has 0 aliphatic carbocycles. The molecule has 1 rings (SSSR count). The summed E-state index contributed by atoms with van der Waals surface area (Å²) in [7, 11) is 1.72. The number of hydrogen-bond donors (Lipinski definition) is 2. The number of carboxylic acids is 1. The topological polar surface area (TPSA) is 82.5 Å².